The first-order valence-electron chi connectivity index (χ1n) is 6.59. The first-order valence-corrected chi connectivity index (χ1v) is 6.59. The molecule has 1 rings (SSSR count). The number of hydrogen-bond acceptors (Lipinski definition) is 3. The van der Waals surface area contributed by atoms with Crippen LogP contribution < -0.4 is 0 Å². The molecular formula is C13H24N2O4. The molecule has 1 aliphatic heterocycles. The maximum atomic E-state index is 12.1. The van der Waals surface area contributed by atoms with E-state index in [1.807, 2.05) is 34.6 Å². The van der Waals surface area contributed by atoms with Gasteiger partial charge in [-0.1, -0.05) is 6.92 Å². The van der Waals surface area contributed by atoms with Crippen LogP contribution in [0.1, 0.15) is 34.6 Å². The van der Waals surface area contributed by atoms with E-state index in [2.05, 4.69) is 0 Å². The van der Waals surface area contributed by atoms with Gasteiger partial charge in [0, 0.05) is 25.7 Å². The standard InChI is InChI=1S/C13H24N2O4/c1-9-8-14(11(16)17)6-7-15(10(9)2)12(18)19-13(3,4)5/h9-10H,6-8H2,1-5H3,(H,16,17). The Kier molecular flexibility index (Phi) is 4.66. The van der Waals surface area contributed by atoms with Crippen molar-refractivity contribution in [1.82, 2.24) is 9.80 Å². The van der Waals surface area contributed by atoms with E-state index in [0.29, 0.717) is 19.6 Å². The molecule has 19 heavy (non-hydrogen) atoms. The molecule has 0 aromatic heterocycles. The fourth-order valence-electron chi connectivity index (χ4n) is 2.08. The molecule has 1 N–H and O–H groups in total. The molecule has 0 aromatic rings. The van der Waals surface area contributed by atoms with Crippen LogP contribution in [0.3, 0.4) is 0 Å². The number of nitrogens with zero attached hydrogens (tertiary/aromatic N) is 2. The van der Waals surface area contributed by atoms with E-state index in [9.17, 15) is 9.59 Å². The first-order chi connectivity index (χ1) is 8.61. The van der Waals surface area contributed by atoms with Crippen LogP contribution in [-0.2, 0) is 4.74 Å². The zero-order valence-corrected chi connectivity index (χ0v) is 12.3. The summed E-state index contributed by atoms with van der Waals surface area (Å²) in [7, 11) is 0. The molecule has 6 nitrogen and oxygen atoms in total. The van der Waals surface area contributed by atoms with Gasteiger partial charge in [-0.15, -0.1) is 0 Å². The zero-order chi connectivity index (χ0) is 14.8. The Bertz CT molecular complexity index is 351. The Hall–Kier alpha value is -1.46. The number of carboxylic acid groups (broad SMARTS) is 1. The summed E-state index contributed by atoms with van der Waals surface area (Å²) in [4.78, 5) is 26.2. The normalized spacial score (nSPS) is 24.9. The van der Waals surface area contributed by atoms with E-state index in [-0.39, 0.29) is 18.1 Å². The minimum atomic E-state index is -0.940. The maximum Gasteiger partial charge on any atom is 0.410 e. The third-order valence-corrected chi connectivity index (χ3v) is 3.33. The van der Waals surface area contributed by atoms with E-state index in [1.54, 1.807) is 4.90 Å². The Labute approximate surface area is 114 Å². The van der Waals surface area contributed by atoms with E-state index in [1.165, 1.54) is 4.90 Å². The fourth-order valence-corrected chi connectivity index (χ4v) is 2.08. The van der Waals surface area contributed by atoms with Gasteiger partial charge in [0.2, 0.25) is 0 Å². The molecule has 1 saturated heterocycles. The van der Waals surface area contributed by atoms with E-state index < -0.39 is 11.7 Å². The van der Waals surface area contributed by atoms with Gasteiger partial charge >= 0.3 is 12.2 Å². The summed E-state index contributed by atoms with van der Waals surface area (Å²) in [6.45, 7) is 10.5. The largest absolute Gasteiger partial charge is 0.465 e. The summed E-state index contributed by atoms with van der Waals surface area (Å²) in [6, 6.07) is -0.0424. The van der Waals surface area contributed by atoms with Gasteiger partial charge in [0.05, 0.1) is 0 Å². The Morgan fingerprint density at radius 2 is 1.79 bits per heavy atom. The number of hydrogen-bond donors (Lipinski definition) is 1. The van der Waals surface area contributed by atoms with Crippen molar-refractivity contribution in [1.29, 1.82) is 0 Å². The molecule has 2 amide bonds. The summed E-state index contributed by atoms with van der Waals surface area (Å²) in [5, 5.41) is 9.07. The highest BCUT2D eigenvalue weighted by Crippen LogP contribution is 2.20. The van der Waals surface area contributed by atoms with E-state index in [4.69, 9.17) is 9.84 Å². The molecular weight excluding hydrogens is 248 g/mol. The Morgan fingerprint density at radius 1 is 1.21 bits per heavy atom. The van der Waals surface area contributed by atoms with Gasteiger partial charge in [0.1, 0.15) is 5.60 Å². The molecule has 0 aliphatic carbocycles. The van der Waals surface area contributed by atoms with Gasteiger partial charge in [-0.25, -0.2) is 9.59 Å². The van der Waals surface area contributed by atoms with Crippen molar-refractivity contribution in [2.24, 2.45) is 5.92 Å². The first kappa shape index (κ1) is 15.6. The van der Waals surface area contributed by atoms with Crippen LogP contribution in [-0.4, -0.2) is 58.4 Å². The highest BCUT2D eigenvalue weighted by atomic mass is 16.6. The van der Waals surface area contributed by atoms with Crippen molar-refractivity contribution < 1.29 is 19.4 Å². The quantitative estimate of drug-likeness (QED) is 0.734. The molecule has 1 aliphatic rings. The van der Waals surface area contributed by atoms with E-state index >= 15 is 0 Å². The molecule has 2 atom stereocenters. The van der Waals surface area contributed by atoms with Crippen molar-refractivity contribution in [3.05, 3.63) is 0 Å². The Morgan fingerprint density at radius 3 is 2.26 bits per heavy atom. The average molecular weight is 272 g/mol. The predicted octanol–water partition coefficient (Wildman–Crippen LogP) is 2.24. The van der Waals surface area contributed by atoms with Gasteiger partial charge < -0.3 is 19.6 Å². The second-order valence-corrected chi connectivity index (χ2v) is 6.12. The van der Waals surface area contributed by atoms with Crippen molar-refractivity contribution >= 4 is 12.2 Å². The highest BCUT2D eigenvalue weighted by molar-refractivity contribution is 5.69. The van der Waals surface area contributed by atoms with Gasteiger partial charge in [-0.2, -0.15) is 0 Å². The van der Waals surface area contributed by atoms with Crippen LogP contribution in [0.5, 0.6) is 0 Å². The number of rotatable bonds is 0. The minimum Gasteiger partial charge on any atom is -0.465 e. The van der Waals surface area contributed by atoms with Crippen molar-refractivity contribution in [2.45, 2.75) is 46.3 Å². The van der Waals surface area contributed by atoms with Crippen LogP contribution in [0.4, 0.5) is 9.59 Å². The zero-order valence-electron chi connectivity index (χ0n) is 12.3. The third kappa shape index (κ3) is 4.29. The topological polar surface area (TPSA) is 70.1 Å². The fraction of sp³-hybridized carbons (Fsp3) is 0.846. The summed E-state index contributed by atoms with van der Waals surface area (Å²) < 4.78 is 5.37. The van der Waals surface area contributed by atoms with Gasteiger partial charge in [-0.3, -0.25) is 0 Å². The third-order valence-electron chi connectivity index (χ3n) is 3.33. The lowest BCUT2D eigenvalue weighted by Gasteiger charge is -2.32. The molecule has 110 valence electrons. The molecule has 1 fully saturated rings. The number of amides is 2. The summed E-state index contributed by atoms with van der Waals surface area (Å²) in [6.07, 6.45) is -1.32. The lowest BCUT2D eigenvalue weighted by Crippen LogP contribution is -2.45. The molecule has 0 radical (unpaired) electrons. The van der Waals surface area contributed by atoms with Gasteiger partial charge in [0.25, 0.3) is 0 Å². The second-order valence-electron chi connectivity index (χ2n) is 6.12. The van der Waals surface area contributed by atoms with Crippen molar-refractivity contribution in [2.75, 3.05) is 19.6 Å². The summed E-state index contributed by atoms with van der Waals surface area (Å²) in [5.41, 5.74) is -0.543. The van der Waals surface area contributed by atoms with Crippen LogP contribution in [0.2, 0.25) is 0 Å². The molecule has 0 saturated carbocycles. The number of ether oxygens (including phenoxy) is 1. The molecule has 2 unspecified atom stereocenters. The second kappa shape index (κ2) is 5.67. The van der Waals surface area contributed by atoms with Crippen molar-refractivity contribution in [3.8, 4) is 0 Å². The summed E-state index contributed by atoms with van der Waals surface area (Å²) >= 11 is 0. The lowest BCUT2D eigenvalue weighted by atomic mass is 10.0. The number of carbonyl (C=O) groups excluding carboxylic acids is 1. The molecule has 1 heterocycles. The van der Waals surface area contributed by atoms with E-state index in [0.717, 1.165) is 0 Å². The average Bonchev–Trinajstić information content (AvgIpc) is 2.37. The highest BCUT2D eigenvalue weighted by Gasteiger charge is 2.33. The molecule has 6 heteroatoms. The van der Waals surface area contributed by atoms with Gasteiger partial charge in [0.15, 0.2) is 0 Å². The van der Waals surface area contributed by atoms with Crippen LogP contribution in [0, 0.1) is 5.92 Å². The number of carbonyl (C=O) groups is 2. The van der Waals surface area contributed by atoms with Crippen LogP contribution >= 0.6 is 0 Å². The molecule has 0 bridgehead atoms. The minimum absolute atomic E-state index is 0.0424. The lowest BCUT2D eigenvalue weighted by molar-refractivity contribution is 0.0154. The Balaban J connectivity index is 2.78. The molecule has 0 aromatic carbocycles. The van der Waals surface area contributed by atoms with Crippen LogP contribution in [0.25, 0.3) is 0 Å². The predicted molar refractivity (Wildman–Crippen MR) is 71.2 cm³/mol. The van der Waals surface area contributed by atoms with Gasteiger partial charge in [-0.05, 0) is 33.6 Å². The summed E-state index contributed by atoms with van der Waals surface area (Å²) in [5.74, 6) is 0.0751. The maximum absolute atomic E-state index is 12.1. The SMILES string of the molecule is CC1CN(C(=O)O)CCN(C(=O)OC(C)(C)C)C1C. The molecule has 0 spiro atoms. The van der Waals surface area contributed by atoms with Crippen molar-refractivity contribution in [3.63, 3.8) is 0 Å². The van der Waals surface area contributed by atoms with Crippen LogP contribution in [0.15, 0.2) is 0 Å². The smallest absolute Gasteiger partial charge is 0.410 e. The monoisotopic (exact) mass is 272 g/mol.